The van der Waals surface area contributed by atoms with Crippen molar-refractivity contribution in [2.45, 2.75) is 33.2 Å². The number of rotatable bonds is 4. The summed E-state index contributed by atoms with van der Waals surface area (Å²) in [7, 11) is 0. The van der Waals surface area contributed by atoms with Crippen LogP contribution in [0.25, 0.3) is 0 Å². The fraction of sp³-hybridized carbons (Fsp3) is 0.421. The number of nitrogens with one attached hydrogen (secondary N) is 1. The number of halogens is 1. The number of carbonyl (C=O) groups excluding carboxylic acids is 2. The molecule has 3 N–H and O–H groups in total. The molecule has 2 aromatic rings. The smallest absolute Gasteiger partial charge is 0.275 e. The molecular formula is C19H25ClN4O2S. The monoisotopic (exact) mass is 408 g/mol. The fourth-order valence-electron chi connectivity index (χ4n) is 3.03. The van der Waals surface area contributed by atoms with Crippen molar-refractivity contribution in [2.75, 3.05) is 18.4 Å². The van der Waals surface area contributed by atoms with Crippen LogP contribution in [-0.2, 0) is 6.54 Å². The van der Waals surface area contributed by atoms with Crippen LogP contribution in [0.1, 0.15) is 51.2 Å². The zero-order valence-electron chi connectivity index (χ0n) is 15.5. The van der Waals surface area contributed by atoms with E-state index >= 15 is 0 Å². The number of nitrogens with zero attached hydrogens (tertiary/aromatic N) is 2. The molecule has 1 saturated heterocycles. The number of hydrogen-bond donors (Lipinski definition) is 2. The van der Waals surface area contributed by atoms with E-state index in [9.17, 15) is 9.59 Å². The van der Waals surface area contributed by atoms with E-state index in [-0.39, 0.29) is 24.2 Å². The van der Waals surface area contributed by atoms with Gasteiger partial charge >= 0.3 is 0 Å². The highest BCUT2D eigenvalue weighted by molar-refractivity contribution is 7.09. The Hall–Kier alpha value is -1.96. The van der Waals surface area contributed by atoms with Crippen molar-refractivity contribution in [1.29, 1.82) is 0 Å². The fourth-order valence-corrected chi connectivity index (χ4v) is 3.68. The van der Waals surface area contributed by atoms with Gasteiger partial charge in [-0.15, -0.1) is 23.7 Å². The Bertz CT molecular complexity index is 816. The summed E-state index contributed by atoms with van der Waals surface area (Å²) in [6, 6.07) is 5.39. The third kappa shape index (κ3) is 5.06. The van der Waals surface area contributed by atoms with E-state index in [1.807, 2.05) is 17.9 Å². The molecule has 1 aromatic heterocycles. The first-order valence-electron chi connectivity index (χ1n) is 8.83. The van der Waals surface area contributed by atoms with Gasteiger partial charge in [0.1, 0.15) is 10.7 Å². The van der Waals surface area contributed by atoms with Crippen LogP contribution in [0.15, 0.2) is 23.6 Å². The molecule has 8 heteroatoms. The first-order chi connectivity index (χ1) is 12.5. The summed E-state index contributed by atoms with van der Waals surface area (Å²) >= 11 is 1.37. The quantitative estimate of drug-likeness (QED) is 0.810. The van der Waals surface area contributed by atoms with Crippen molar-refractivity contribution < 1.29 is 9.59 Å². The number of nitrogens with two attached hydrogens (primary N) is 1. The van der Waals surface area contributed by atoms with E-state index in [4.69, 9.17) is 5.73 Å². The second-order valence-corrected chi connectivity index (χ2v) is 7.73. The average molecular weight is 409 g/mol. The number of piperidine rings is 1. The number of amides is 2. The summed E-state index contributed by atoms with van der Waals surface area (Å²) in [6.07, 6.45) is 2.11. The summed E-state index contributed by atoms with van der Waals surface area (Å²) < 4.78 is 0. The van der Waals surface area contributed by atoms with Crippen LogP contribution in [-0.4, -0.2) is 34.8 Å². The Morgan fingerprint density at radius 2 is 2.04 bits per heavy atom. The predicted molar refractivity (Wildman–Crippen MR) is 111 cm³/mol. The van der Waals surface area contributed by atoms with Gasteiger partial charge in [0.05, 0.1) is 0 Å². The number of aromatic nitrogens is 1. The molecule has 146 valence electrons. The number of thiazole rings is 1. The van der Waals surface area contributed by atoms with Crippen LogP contribution in [0.4, 0.5) is 5.69 Å². The lowest BCUT2D eigenvalue weighted by Gasteiger charge is -2.30. The molecule has 3 rings (SSSR count). The molecule has 1 aliphatic heterocycles. The van der Waals surface area contributed by atoms with E-state index in [0.29, 0.717) is 29.4 Å². The third-order valence-electron chi connectivity index (χ3n) is 4.75. The minimum absolute atomic E-state index is 0. The molecule has 1 aromatic carbocycles. The molecule has 0 saturated carbocycles. The third-order valence-corrected chi connectivity index (χ3v) is 5.62. The summed E-state index contributed by atoms with van der Waals surface area (Å²) in [5, 5.41) is 5.28. The van der Waals surface area contributed by atoms with E-state index < -0.39 is 0 Å². The highest BCUT2D eigenvalue weighted by atomic mass is 35.5. The van der Waals surface area contributed by atoms with E-state index in [1.54, 1.807) is 17.5 Å². The van der Waals surface area contributed by atoms with Gasteiger partial charge in [-0.2, -0.15) is 0 Å². The first kappa shape index (κ1) is 21.3. The second-order valence-electron chi connectivity index (χ2n) is 6.79. The van der Waals surface area contributed by atoms with Crippen molar-refractivity contribution in [1.82, 2.24) is 9.88 Å². The molecule has 6 nitrogen and oxygen atoms in total. The Balaban J connectivity index is 0.00000261. The zero-order chi connectivity index (χ0) is 18.7. The predicted octanol–water partition coefficient (Wildman–Crippen LogP) is 3.46. The van der Waals surface area contributed by atoms with Crippen molar-refractivity contribution in [2.24, 2.45) is 11.7 Å². The molecule has 0 aliphatic carbocycles. The maximum atomic E-state index is 12.7. The molecule has 0 atom stereocenters. The number of benzene rings is 1. The van der Waals surface area contributed by atoms with Crippen LogP contribution in [0.5, 0.6) is 0 Å². The standard InChI is InChI=1S/C19H24N4O2S.ClH/c1-12-5-7-23(8-6-12)19(25)14-3-4-15(13(2)9-14)22-18(24)16-11-26-17(10-20)21-16;/h3-4,9,11-12H,5-8,10,20H2,1-2H3,(H,22,24);1H. The van der Waals surface area contributed by atoms with E-state index in [1.165, 1.54) is 11.3 Å². The largest absolute Gasteiger partial charge is 0.339 e. The lowest BCUT2D eigenvalue weighted by molar-refractivity contribution is 0.0697. The molecule has 0 spiro atoms. The number of hydrogen-bond acceptors (Lipinski definition) is 5. The van der Waals surface area contributed by atoms with Gasteiger partial charge in [-0.05, 0) is 49.4 Å². The summed E-state index contributed by atoms with van der Waals surface area (Å²) in [5.74, 6) is 0.474. The van der Waals surface area contributed by atoms with Gasteiger partial charge in [0.15, 0.2) is 0 Å². The number of carbonyl (C=O) groups is 2. The topological polar surface area (TPSA) is 88.3 Å². The van der Waals surface area contributed by atoms with Crippen molar-refractivity contribution in [3.8, 4) is 0 Å². The molecule has 27 heavy (non-hydrogen) atoms. The first-order valence-corrected chi connectivity index (χ1v) is 9.71. The van der Waals surface area contributed by atoms with Crippen LogP contribution in [0, 0.1) is 12.8 Å². The van der Waals surface area contributed by atoms with Crippen LogP contribution in [0.2, 0.25) is 0 Å². The average Bonchev–Trinajstić information content (AvgIpc) is 3.13. The van der Waals surface area contributed by atoms with Gasteiger partial charge < -0.3 is 16.0 Å². The van der Waals surface area contributed by atoms with Gasteiger partial charge in [-0.3, -0.25) is 9.59 Å². The summed E-state index contributed by atoms with van der Waals surface area (Å²) in [5.41, 5.74) is 8.09. The van der Waals surface area contributed by atoms with Gasteiger partial charge in [0.2, 0.25) is 0 Å². The van der Waals surface area contributed by atoms with Crippen molar-refractivity contribution >= 4 is 41.2 Å². The Labute approximate surface area is 169 Å². The van der Waals surface area contributed by atoms with Crippen molar-refractivity contribution in [3.63, 3.8) is 0 Å². The van der Waals surface area contributed by atoms with Crippen molar-refractivity contribution in [3.05, 3.63) is 45.4 Å². The summed E-state index contributed by atoms with van der Waals surface area (Å²) in [4.78, 5) is 31.1. The van der Waals surface area contributed by atoms with E-state index in [0.717, 1.165) is 36.5 Å². The molecule has 0 unspecified atom stereocenters. The highest BCUT2D eigenvalue weighted by Crippen LogP contribution is 2.22. The maximum absolute atomic E-state index is 12.7. The molecule has 1 fully saturated rings. The Morgan fingerprint density at radius 1 is 1.33 bits per heavy atom. The maximum Gasteiger partial charge on any atom is 0.275 e. The normalized spacial score (nSPS) is 14.6. The Morgan fingerprint density at radius 3 is 2.63 bits per heavy atom. The minimum atomic E-state index is -0.270. The van der Waals surface area contributed by atoms with Crippen LogP contribution in [0.3, 0.4) is 0 Å². The molecule has 0 bridgehead atoms. The number of aryl methyl sites for hydroxylation is 1. The lowest BCUT2D eigenvalue weighted by atomic mass is 9.98. The van der Waals surface area contributed by atoms with Crippen LogP contribution >= 0.6 is 23.7 Å². The second kappa shape index (κ2) is 9.30. The summed E-state index contributed by atoms with van der Waals surface area (Å²) in [6.45, 7) is 6.05. The lowest BCUT2D eigenvalue weighted by Crippen LogP contribution is -2.37. The van der Waals surface area contributed by atoms with Gasteiger partial charge in [-0.25, -0.2) is 4.98 Å². The SMILES string of the molecule is Cc1cc(C(=O)N2CCC(C)CC2)ccc1NC(=O)c1csc(CN)n1.Cl. The number of anilines is 1. The zero-order valence-corrected chi connectivity index (χ0v) is 17.2. The van der Waals surface area contributed by atoms with Gasteiger partial charge in [-0.1, -0.05) is 6.92 Å². The molecule has 2 amide bonds. The highest BCUT2D eigenvalue weighted by Gasteiger charge is 2.22. The molecule has 2 heterocycles. The van der Waals surface area contributed by atoms with Crippen LogP contribution < -0.4 is 11.1 Å². The van der Waals surface area contributed by atoms with Gasteiger partial charge in [0.25, 0.3) is 11.8 Å². The van der Waals surface area contributed by atoms with E-state index in [2.05, 4.69) is 17.2 Å². The minimum Gasteiger partial charge on any atom is -0.339 e. The molecule has 1 aliphatic rings. The number of likely N-dealkylation sites (tertiary alicyclic amines) is 1. The Kier molecular flexibility index (Phi) is 7.35. The van der Waals surface area contributed by atoms with Gasteiger partial charge in [0, 0.05) is 36.3 Å². The molecular weight excluding hydrogens is 384 g/mol. The molecule has 0 radical (unpaired) electrons.